The molecule has 3 heterocycles. The highest BCUT2D eigenvalue weighted by atomic mass is 32.2. The number of rotatable bonds is 7. The van der Waals surface area contributed by atoms with E-state index >= 15 is 0 Å². The van der Waals surface area contributed by atoms with Gasteiger partial charge in [-0.25, -0.2) is 9.52 Å². The molecule has 0 saturated carbocycles. The predicted molar refractivity (Wildman–Crippen MR) is 149 cm³/mol. The Kier molecular flexibility index (Phi) is 7.64. The Balaban J connectivity index is 1.40. The number of fused-ring (bicyclic) bond motifs is 3. The van der Waals surface area contributed by atoms with Crippen LogP contribution in [-0.2, 0) is 24.5 Å². The van der Waals surface area contributed by atoms with Crippen LogP contribution in [0.15, 0.2) is 24.3 Å². The van der Waals surface area contributed by atoms with Gasteiger partial charge in [0.25, 0.3) is 0 Å². The van der Waals surface area contributed by atoms with Crippen LogP contribution in [0.3, 0.4) is 0 Å². The van der Waals surface area contributed by atoms with E-state index in [-0.39, 0.29) is 26.5 Å². The first-order chi connectivity index (χ1) is 20.6. The summed E-state index contributed by atoms with van der Waals surface area (Å²) < 4.78 is 68.5. The van der Waals surface area contributed by atoms with E-state index in [2.05, 4.69) is 0 Å². The molecular formula is C28H33N3O11S. The molecule has 3 aliphatic heterocycles. The lowest BCUT2D eigenvalue weighted by molar-refractivity contribution is -0.141. The Morgan fingerprint density at radius 1 is 0.907 bits per heavy atom. The maximum absolute atomic E-state index is 13.3. The molecule has 4 aliphatic rings. The molecule has 1 aliphatic carbocycles. The molecule has 0 radical (unpaired) electrons. The van der Waals surface area contributed by atoms with E-state index in [1.165, 1.54) is 25.6 Å². The Morgan fingerprint density at radius 2 is 1.53 bits per heavy atom. The van der Waals surface area contributed by atoms with Crippen molar-refractivity contribution in [3.05, 3.63) is 41.0 Å². The zero-order valence-corrected chi connectivity index (χ0v) is 25.0. The van der Waals surface area contributed by atoms with Gasteiger partial charge in [0.2, 0.25) is 12.5 Å². The first kappa shape index (κ1) is 29.1. The van der Waals surface area contributed by atoms with Gasteiger partial charge < -0.3 is 38.1 Å². The Bertz CT molecular complexity index is 1520. The van der Waals surface area contributed by atoms with Crippen LogP contribution in [0.1, 0.15) is 28.7 Å². The van der Waals surface area contributed by atoms with E-state index < -0.39 is 46.1 Å². The second kappa shape index (κ2) is 11.3. The Labute approximate surface area is 248 Å². The molecule has 0 unspecified atom stereocenters. The fourth-order valence-corrected chi connectivity index (χ4v) is 7.31. The molecule has 1 amide bonds. The number of amides is 1. The maximum Gasteiger partial charge on any atom is 0.422 e. The zero-order chi connectivity index (χ0) is 30.5. The number of esters is 1. The number of cyclic esters (lactones) is 1. The van der Waals surface area contributed by atoms with E-state index in [4.69, 9.17) is 33.2 Å². The lowest BCUT2D eigenvalue weighted by Crippen LogP contribution is -2.52. The van der Waals surface area contributed by atoms with Gasteiger partial charge >= 0.3 is 22.3 Å². The number of carbonyl (C=O) groups is 2. The number of nitrogens with one attached hydrogen (secondary N) is 1. The van der Waals surface area contributed by atoms with Crippen molar-refractivity contribution in [1.82, 2.24) is 13.9 Å². The second-order valence-electron chi connectivity index (χ2n) is 10.7. The molecule has 0 spiro atoms. The van der Waals surface area contributed by atoms with Crippen molar-refractivity contribution in [3.63, 3.8) is 0 Å². The average molecular weight is 620 g/mol. The molecule has 1 N–H and O–H groups in total. The minimum atomic E-state index is -4.15. The summed E-state index contributed by atoms with van der Waals surface area (Å²) in [4.78, 5) is 28.5. The van der Waals surface area contributed by atoms with Gasteiger partial charge in [-0.3, -0.25) is 4.79 Å². The molecule has 43 heavy (non-hydrogen) atoms. The van der Waals surface area contributed by atoms with Crippen LogP contribution in [0.2, 0.25) is 0 Å². The highest BCUT2D eigenvalue weighted by molar-refractivity contribution is 7.87. The highest BCUT2D eigenvalue weighted by Crippen LogP contribution is 2.56. The van der Waals surface area contributed by atoms with Crippen LogP contribution < -0.4 is 28.4 Å². The predicted octanol–water partition coefficient (Wildman–Crippen LogP) is 1.64. The largest absolute Gasteiger partial charge is 0.493 e. The smallest absolute Gasteiger partial charge is 0.422 e. The molecule has 2 aromatic rings. The van der Waals surface area contributed by atoms with Gasteiger partial charge in [0.1, 0.15) is 6.10 Å². The molecule has 2 fully saturated rings. The topological polar surface area (TPSA) is 151 Å². The molecule has 0 aromatic heterocycles. The number of carbonyl (C=O) groups excluding carboxylic acids is 2. The Hall–Kier alpha value is -3.95. The molecule has 6 rings (SSSR count). The summed E-state index contributed by atoms with van der Waals surface area (Å²) in [5.41, 5.74) is 1.83. The van der Waals surface area contributed by atoms with Crippen molar-refractivity contribution >= 4 is 22.3 Å². The third-order valence-electron chi connectivity index (χ3n) is 8.41. The summed E-state index contributed by atoms with van der Waals surface area (Å²) in [5.74, 6) is -0.416. The third kappa shape index (κ3) is 5.14. The van der Waals surface area contributed by atoms with Crippen LogP contribution in [0.4, 0.5) is 4.79 Å². The lowest BCUT2D eigenvalue weighted by atomic mass is 9.66. The third-order valence-corrected chi connectivity index (χ3v) is 9.88. The maximum atomic E-state index is 13.3. The Morgan fingerprint density at radius 3 is 2.14 bits per heavy atom. The van der Waals surface area contributed by atoms with Gasteiger partial charge in [-0.2, -0.15) is 12.7 Å². The monoisotopic (exact) mass is 619 g/mol. The summed E-state index contributed by atoms with van der Waals surface area (Å²) in [6.45, 7) is 1.49. The summed E-state index contributed by atoms with van der Waals surface area (Å²) in [6.07, 6.45) is -2.18. The highest BCUT2D eigenvalue weighted by Gasteiger charge is 2.54. The van der Waals surface area contributed by atoms with Crippen molar-refractivity contribution in [1.29, 1.82) is 0 Å². The second-order valence-corrected chi connectivity index (χ2v) is 12.4. The quantitative estimate of drug-likeness (QED) is 0.449. The van der Waals surface area contributed by atoms with Gasteiger partial charge in [-0.15, -0.1) is 0 Å². The summed E-state index contributed by atoms with van der Waals surface area (Å²) in [5, 5.41) is 0. The van der Waals surface area contributed by atoms with E-state index in [0.29, 0.717) is 58.5 Å². The van der Waals surface area contributed by atoms with Crippen LogP contribution in [0.5, 0.6) is 28.7 Å². The van der Waals surface area contributed by atoms with Gasteiger partial charge in [-0.05, 0) is 42.4 Å². The van der Waals surface area contributed by atoms with Crippen molar-refractivity contribution in [2.45, 2.75) is 12.0 Å². The fourth-order valence-electron chi connectivity index (χ4n) is 6.28. The summed E-state index contributed by atoms with van der Waals surface area (Å²) >= 11 is 0. The number of likely N-dealkylation sites (N-methyl/N-ethyl adjacent to an activating group) is 1. The van der Waals surface area contributed by atoms with Crippen molar-refractivity contribution in [2.75, 3.05) is 68.0 Å². The van der Waals surface area contributed by atoms with Gasteiger partial charge in [0.05, 0.1) is 33.9 Å². The fraction of sp³-hybridized carbons (Fsp3) is 0.500. The van der Waals surface area contributed by atoms with Crippen LogP contribution in [0, 0.1) is 11.8 Å². The number of piperazine rings is 1. The van der Waals surface area contributed by atoms with Gasteiger partial charge in [0.15, 0.2) is 23.0 Å². The average Bonchev–Trinajstić information content (AvgIpc) is 3.61. The number of hydrogen-bond donors (Lipinski definition) is 1. The molecule has 14 nitrogen and oxygen atoms in total. The first-order valence-corrected chi connectivity index (χ1v) is 15.2. The molecule has 15 heteroatoms. The summed E-state index contributed by atoms with van der Waals surface area (Å²) in [6, 6.07) is 6.98. The van der Waals surface area contributed by atoms with Gasteiger partial charge in [-0.1, -0.05) is 0 Å². The van der Waals surface area contributed by atoms with E-state index in [0.717, 1.165) is 0 Å². The molecule has 2 aromatic carbocycles. The van der Waals surface area contributed by atoms with Crippen LogP contribution in [0.25, 0.3) is 0 Å². The van der Waals surface area contributed by atoms with E-state index in [1.54, 1.807) is 24.3 Å². The minimum absolute atomic E-state index is 0.00273. The molecule has 2 saturated heterocycles. The first-order valence-electron chi connectivity index (χ1n) is 13.7. The van der Waals surface area contributed by atoms with Crippen molar-refractivity contribution < 1.29 is 51.2 Å². The molecule has 232 valence electrons. The standard InChI is InChI=1S/C28H33N3O11S/c1-30-5-7-31(8-6-30)43(34,35)29-28(33)42-25-17-12-20-19(40-14-41-20)11-16(17)23(24-18(25)13-39-27(24)32)15-9-21(36-2)26(38-4)22(10-15)37-3/h9-12,18,23-25H,5-8,13-14H2,1-4H3,(H,29,33)/t18-,23+,24-,25-/m0/s1. The van der Waals surface area contributed by atoms with E-state index in [1.807, 2.05) is 16.7 Å². The number of benzene rings is 2. The number of hydrogen-bond acceptors (Lipinski definition) is 12. The zero-order valence-electron chi connectivity index (χ0n) is 24.2. The molecular weight excluding hydrogens is 586 g/mol. The van der Waals surface area contributed by atoms with Crippen LogP contribution in [-0.4, -0.2) is 97.6 Å². The lowest BCUT2D eigenvalue weighted by Gasteiger charge is -2.38. The SMILES string of the molecule is COc1cc([C@@H]2c3cc4c(cc3[C@H](OC(=O)NS(=O)(=O)N3CCN(C)CC3)[C@H]3COC(=O)[C@H]23)OCO4)cc(OC)c1OC. The van der Waals surface area contributed by atoms with Gasteiger partial charge in [0, 0.05) is 43.6 Å². The number of methoxy groups -OCH3 is 3. The summed E-state index contributed by atoms with van der Waals surface area (Å²) in [7, 11) is 2.24. The molecule has 0 bridgehead atoms. The van der Waals surface area contributed by atoms with Crippen molar-refractivity contribution in [3.8, 4) is 28.7 Å². The minimum Gasteiger partial charge on any atom is -0.493 e. The normalized spacial score (nSPS) is 24.9. The van der Waals surface area contributed by atoms with Crippen LogP contribution >= 0.6 is 0 Å². The molecule has 4 atom stereocenters. The number of nitrogens with zero attached hydrogens (tertiary/aromatic N) is 2. The van der Waals surface area contributed by atoms with E-state index in [9.17, 15) is 18.0 Å². The van der Waals surface area contributed by atoms with Crippen molar-refractivity contribution in [2.24, 2.45) is 11.8 Å². The number of ether oxygens (including phenoxy) is 7.